The lowest BCUT2D eigenvalue weighted by molar-refractivity contribution is 0.234. The fraction of sp³-hybridized carbons (Fsp3) is 0.308. The molecule has 0 saturated carbocycles. The van der Waals surface area contributed by atoms with E-state index in [1.54, 1.807) is 17.6 Å². The molecule has 1 heterocycles. The Bertz CT molecular complexity index is 512. The van der Waals surface area contributed by atoms with Gasteiger partial charge >= 0.3 is 0 Å². The van der Waals surface area contributed by atoms with Crippen LogP contribution < -0.4 is 5.73 Å². The molecule has 0 aliphatic rings. The van der Waals surface area contributed by atoms with E-state index >= 15 is 0 Å². The van der Waals surface area contributed by atoms with Crippen molar-refractivity contribution in [3.05, 3.63) is 51.2 Å². The van der Waals surface area contributed by atoms with Gasteiger partial charge in [0.15, 0.2) is 0 Å². The van der Waals surface area contributed by atoms with Crippen LogP contribution in [0.5, 0.6) is 0 Å². The smallest absolute Gasteiger partial charge is 0.129 e. The van der Waals surface area contributed by atoms with E-state index < -0.39 is 0 Å². The van der Waals surface area contributed by atoms with Crippen LogP contribution in [0.4, 0.5) is 4.39 Å². The van der Waals surface area contributed by atoms with Crippen LogP contribution in [0.25, 0.3) is 0 Å². The summed E-state index contributed by atoms with van der Waals surface area (Å²) in [6.07, 6.45) is 0. The molecule has 102 valence electrons. The summed E-state index contributed by atoms with van der Waals surface area (Å²) in [5.41, 5.74) is 8.95. The average Bonchev–Trinajstić information content (AvgIpc) is 2.86. The first-order valence-electron chi connectivity index (χ1n) is 5.84. The Balaban J connectivity index is 2.24. The van der Waals surface area contributed by atoms with E-state index in [0.717, 1.165) is 5.69 Å². The molecule has 2 aromatic rings. The van der Waals surface area contributed by atoms with Crippen LogP contribution in [-0.4, -0.2) is 23.5 Å². The Hall–Kier alpha value is -1.01. The second-order valence-electron chi connectivity index (χ2n) is 4.28. The van der Waals surface area contributed by atoms with Crippen molar-refractivity contribution in [3.63, 3.8) is 0 Å². The van der Waals surface area contributed by atoms with Gasteiger partial charge in [0.1, 0.15) is 5.82 Å². The van der Waals surface area contributed by atoms with Crippen molar-refractivity contribution in [2.75, 3.05) is 13.6 Å². The molecule has 19 heavy (non-hydrogen) atoms. The maximum absolute atomic E-state index is 13.9. The van der Waals surface area contributed by atoms with Gasteiger partial charge in [0, 0.05) is 29.1 Å². The van der Waals surface area contributed by atoms with Gasteiger partial charge < -0.3 is 5.73 Å². The van der Waals surface area contributed by atoms with E-state index in [1.807, 2.05) is 17.3 Å². The number of rotatable bonds is 5. The highest BCUT2D eigenvalue weighted by Gasteiger charge is 2.22. The first-order chi connectivity index (χ1) is 9.13. The standard InChI is InChI=1S/C13H15ClFN3S/c1-18(6-9-7-19-8-17-9)12(5-16)13-10(14)3-2-4-11(13)15/h2-4,7-8,12H,5-6,16H2,1H3. The predicted molar refractivity (Wildman–Crippen MR) is 76.8 cm³/mol. The molecule has 2 N–H and O–H groups in total. The van der Waals surface area contributed by atoms with Crippen molar-refractivity contribution >= 4 is 22.9 Å². The zero-order chi connectivity index (χ0) is 13.8. The zero-order valence-electron chi connectivity index (χ0n) is 10.5. The van der Waals surface area contributed by atoms with Crippen LogP contribution in [0.2, 0.25) is 5.02 Å². The molecule has 6 heteroatoms. The molecule has 0 aliphatic carbocycles. The molecule has 0 saturated heterocycles. The van der Waals surface area contributed by atoms with Crippen molar-refractivity contribution in [2.45, 2.75) is 12.6 Å². The van der Waals surface area contributed by atoms with Crippen LogP contribution in [-0.2, 0) is 6.54 Å². The molecule has 0 amide bonds. The van der Waals surface area contributed by atoms with Gasteiger partial charge in [-0.3, -0.25) is 4.90 Å². The first-order valence-corrected chi connectivity index (χ1v) is 7.17. The normalized spacial score (nSPS) is 12.9. The zero-order valence-corrected chi connectivity index (χ0v) is 12.1. The van der Waals surface area contributed by atoms with Crippen LogP contribution in [0.15, 0.2) is 29.1 Å². The third-order valence-corrected chi connectivity index (χ3v) is 3.95. The molecule has 0 fully saturated rings. The number of likely N-dealkylation sites (N-methyl/N-ethyl adjacent to an activating group) is 1. The molecule has 0 aliphatic heterocycles. The number of hydrogen-bond acceptors (Lipinski definition) is 4. The monoisotopic (exact) mass is 299 g/mol. The summed E-state index contributed by atoms with van der Waals surface area (Å²) in [7, 11) is 1.89. The van der Waals surface area contributed by atoms with Gasteiger partial charge in [0.25, 0.3) is 0 Å². The molecule has 2 rings (SSSR count). The Morgan fingerprint density at radius 2 is 2.32 bits per heavy atom. The number of hydrogen-bond donors (Lipinski definition) is 1. The lowest BCUT2D eigenvalue weighted by Crippen LogP contribution is -2.31. The number of benzene rings is 1. The Morgan fingerprint density at radius 3 is 2.89 bits per heavy atom. The summed E-state index contributed by atoms with van der Waals surface area (Å²) < 4.78 is 13.9. The summed E-state index contributed by atoms with van der Waals surface area (Å²) in [5, 5.41) is 2.37. The van der Waals surface area contributed by atoms with Crippen molar-refractivity contribution in [2.24, 2.45) is 5.73 Å². The van der Waals surface area contributed by atoms with Crippen molar-refractivity contribution in [1.82, 2.24) is 9.88 Å². The lowest BCUT2D eigenvalue weighted by Gasteiger charge is -2.27. The average molecular weight is 300 g/mol. The molecule has 1 atom stereocenters. The highest BCUT2D eigenvalue weighted by atomic mass is 35.5. The van der Waals surface area contributed by atoms with E-state index in [4.69, 9.17) is 17.3 Å². The van der Waals surface area contributed by atoms with Crippen LogP contribution in [0.1, 0.15) is 17.3 Å². The second kappa shape index (κ2) is 6.43. The van der Waals surface area contributed by atoms with E-state index in [-0.39, 0.29) is 11.9 Å². The third kappa shape index (κ3) is 3.30. The summed E-state index contributed by atoms with van der Waals surface area (Å²) in [6, 6.07) is 4.41. The van der Waals surface area contributed by atoms with E-state index in [0.29, 0.717) is 23.7 Å². The number of halogens is 2. The number of aromatic nitrogens is 1. The SMILES string of the molecule is CN(Cc1cscn1)C(CN)c1c(F)cccc1Cl. The topological polar surface area (TPSA) is 42.2 Å². The minimum Gasteiger partial charge on any atom is -0.329 e. The number of thiazole rings is 1. The molecular formula is C13H15ClFN3S. The number of nitrogens with zero attached hydrogens (tertiary/aromatic N) is 2. The lowest BCUT2D eigenvalue weighted by atomic mass is 10.0. The highest BCUT2D eigenvalue weighted by molar-refractivity contribution is 7.07. The maximum atomic E-state index is 13.9. The molecule has 3 nitrogen and oxygen atoms in total. The molecule has 0 bridgehead atoms. The Kier molecular flexibility index (Phi) is 4.87. The fourth-order valence-electron chi connectivity index (χ4n) is 2.03. The van der Waals surface area contributed by atoms with E-state index in [9.17, 15) is 4.39 Å². The van der Waals surface area contributed by atoms with Gasteiger partial charge in [0.05, 0.1) is 17.2 Å². The summed E-state index contributed by atoms with van der Waals surface area (Å²) >= 11 is 7.63. The van der Waals surface area contributed by atoms with Crippen LogP contribution >= 0.6 is 22.9 Å². The molecular weight excluding hydrogens is 285 g/mol. The molecule has 1 aromatic heterocycles. The number of nitrogens with two attached hydrogens (primary N) is 1. The molecule has 1 unspecified atom stereocenters. The minimum atomic E-state index is -0.326. The Morgan fingerprint density at radius 1 is 1.53 bits per heavy atom. The van der Waals surface area contributed by atoms with Gasteiger partial charge in [-0.1, -0.05) is 17.7 Å². The Labute approximate surface area is 120 Å². The van der Waals surface area contributed by atoms with E-state index in [1.165, 1.54) is 17.4 Å². The third-order valence-electron chi connectivity index (χ3n) is 2.98. The summed E-state index contributed by atoms with van der Waals surface area (Å²) in [4.78, 5) is 6.18. The second-order valence-corrected chi connectivity index (χ2v) is 5.41. The van der Waals surface area contributed by atoms with Gasteiger partial charge in [0.2, 0.25) is 0 Å². The van der Waals surface area contributed by atoms with E-state index in [2.05, 4.69) is 4.98 Å². The molecule has 0 spiro atoms. The summed E-state index contributed by atoms with van der Waals surface area (Å²) in [6.45, 7) is 0.900. The van der Waals surface area contributed by atoms with Crippen LogP contribution in [0, 0.1) is 5.82 Å². The van der Waals surface area contributed by atoms with Crippen molar-refractivity contribution in [3.8, 4) is 0 Å². The summed E-state index contributed by atoms with van der Waals surface area (Å²) in [5.74, 6) is -0.326. The fourth-order valence-corrected chi connectivity index (χ4v) is 2.87. The maximum Gasteiger partial charge on any atom is 0.129 e. The highest BCUT2D eigenvalue weighted by Crippen LogP contribution is 2.29. The molecule has 0 radical (unpaired) electrons. The van der Waals surface area contributed by atoms with Crippen LogP contribution in [0.3, 0.4) is 0 Å². The van der Waals surface area contributed by atoms with Gasteiger partial charge in [-0.2, -0.15) is 0 Å². The van der Waals surface area contributed by atoms with Gasteiger partial charge in [-0.05, 0) is 19.2 Å². The van der Waals surface area contributed by atoms with Crippen molar-refractivity contribution < 1.29 is 4.39 Å². The van der Waals surface area contributed by atoms with Crippen molar-refractivity contribution in [1.29, 1.82) is 0 Å². The minimum absolute atomic E-state index is 0.268. The first kappa shape index (κ1) is 14.4. The van der Waals surface area contributed by atoms with Gasteiger partial charge in [-0.15, -0.1) is 11.3 Å². The van der Waals surface area contributed by atoms with Gasteiger partial charge in [-0.25, -0.2) is 9.37 Å². The molecule has 1 aromatic carbocycles. The predicted octanol–water partition coefficient (Wildman–Crippen LogP) is 3.07. The quantitative estimate of drug-likeness (QED) is 0.922. The largest absolute Gasteiger partial charge is 0.329 e.